The third-order valence-electron chi connectivity index (χ3n) is 9.93. The van der Waals surface area contributed by atoms with Gasteiger partial charge in [-0.1, -0.05) is 110 Å². The van der Waals surface area contributed by atoms with Crippen LogP contribution >= 0.6 is 0 Å². The number of likely N-dealkylation sites (N-methyl/N-ethyl adjacent to an activating group) is 1. The maximum Gasteiger partial charge on any atom is 0.471 e. The summed E-state index contributed by atoms with van der Waals surface area (Å²) in [7, 11) is 2.08. The average Bonchev–Trinajstić information content (AvgIpc) is 3.65. The molecular formula is C41H44F3N3O5. The minimum absolute atomic E-state index is 0.0266. The molecule has 0 aliphatic carbocycles. The van der Waals surface area contributed by atoms with Crippen LogP contribution in [0.1, 0.15) is 60.0 Å². The molecule has 2 heterocycles. The smallest absolute Gasteiger partial charge is 0.392 e. The number of likely N-dealkylation sites (tertiary alicyclic amines) is 1. The highest BCUT2D eigenvalue weighted by Gasteiger charge is 2.47. The maximum absolute atomic E-state index is 13.1. The van der Waals surface area contributed by atoms with Crippen molar-refractivity contribution < 1.29 is 37.3 Å². The highest BCUT2D eigenvalue weighted by atomic mass is 19.4. The van der Waals surface area contributed by atoms with Crippen LogP contribution in [-0.2, 0) is 38.8 Å². The van der Waals surface area contributed by atoms with Crippen molar-refractivity contribution in [2.75, 3.05) is 20.1 Å². The number of benzene rings is 4. The Kier molecular flexibility index (Phi) is 11.7. The number of rotatable bonds is 11. The van der Waals surface area contributed by atoms with Crippen molar-refractivity contribution in [2.45, 2.75) is 70.2 Å². The lowest BCUT2D eigenvalue weighted by atomic mass is 9.90. The molecule has 0 saturated carbocycles. The minimum Gasteiger partial charge on any atom is -0.392 e. The van der Waals surface area contributed by atoms with Crippen LogP contribution in [0, 0.1) is 5.92 Å². The molecule has 2 N–H and O–H groups in total. The first-order valence-electron chi connectivity index (χ1n) is 17.6. The molecule has 2 aliphatic rings. The first-order chi connectivity index (χ1) is 25.0. The van der Waals surface area contributed by atoms with Gasteiger partial charge >= 0.3 is 12.1 Å². The molecule has 11 heteroatoms. The number of aliphatic hydroxyl groups is 1. The number of hydrogen-bond acceptors (Lipinski definition) is 6. The van der Waals surface area contributed by atoms with E-state index in [2.05, 4.69) is 36.3 Å². The maximum atomic E-state index is 13.1. The van der Waals surface area contributed by atoms with Crippen molar-refractivity contribution in [3.8, 4) is 11.1 Å². The third kappa shape index (κ3) is 8.73. The summed E-state index contributed by atoms with van der Waals surface area (Å²) in [5.41, 5.74) is 6.39. The number of carbonyl (C=O) groups excluding carboxylic acids is 2. The number of alkyl halides is 3. The van der Waals surface area contributed by atoms with Crippen molar-refractivity contribution in [1.82, 2.24) is 15.1 Å². The minimum atomic E-state index is -5.03. The van der Waals surface area contributed by atoms with Crippen LogP contribution in [0.15, 0.2) is 103 Å². The van der Waals surface area contributed by atoms with Gasteiger partial charge in [-0.05, 0) is 53.3 Å². The predicted octanol–water partition coefficient (Wildman–Crippen LogP) is 6.94. The van der Waals surface area contributed by atoms with Gasteiger partial charge in [0.1, 0.15) is 6.04 Å². The van der Waals surface area contributed by atoms with E-state index < -0.39 is 30.3 Å². The number of nitrogens with one attached hydrogen (secondary N) is 1. The molecule has 4 aromatic carbocycles. The van der Waals surface area contributed by atoms with Crippen LogP contribution in [0.5, 0.6) is 0 Å². The van der Waals surface area contributed by atoms with Crippen LogP contribution in [-0.4, -0.2) is 65.2 Å². The molecule has 0 spiro atoms. The van der Waals surface area contributed by atoms with Crippen molar-refractivity contribution >= 4 is 11.8 Å². The fraction of sp³-hybridized carbons (Fsp3) is 0.366. The summed E-state index contributed by atoms with van der Waals surface area (Å²) >= 11 is 0. The Morgan fingerprint density at radius 1 is 0.885 bits per heavy atom. The normalized spacial score (nSPS) is 22.1. The Morgan fingerprint density at radius 2 is 1.56 bits per heavy atom. The van der Waals surface area contributed by atoms with Gasteiger partial charge in [0.05, 0.1) is 18.8 Å². The molecule has 8 nitrogen and oxygen atoms in total. The molecule has 5 atom stereocenters. The van der Waals surface area contributed by atoms with Crippen molar-refractivity contribution in [3.63, 3.8) is 0 Å². The van der Waals surface area contributed by atoms with Gasteiger partial charge in [-0.2, -0.15) is 13.2 Å². The summed E-state index contributed by atoms with van der Waals surface area (Å²) in [6.45, 7) is 3.54. The predicted molar refractivity (Wildman–Crippen MR) is 190 cm³/mol. The summed E-state index contributed by atoms with van der Waals surface area (Å²) < 4.78 is 52.7. The van der Waals surface area contributed by atoms with E-state index in [1.807, 2.05) is 91.0 Å². The SMILES string of the molecule is CC1C(CN(C)Cc2ccccc2)OC(c2ccc(-c3ccccc3CNC(=O)C3CCCN3C(=O)C(F)(F)F)cc2)OC1c1ccc(CO)cc1. The summed E-state index contributed by atoms with van der Waals surface area (Å²) in [5.74, 6) is -2.56. The lowest BCUT2D eigenvalue weighted by Crippen LogP contribution is -2.50. The van der Waals surface area contributed by atoms with E-state index in [1.165, 1.54) is 5.56 Å². The zero-order chi connectivity index (χ0) is 36.8. The average molecular weight is 716 g/mol. The number of ether oxygens (including phenoxy) is 2. The van der Waals surface area contributed by atoms with E-state index in [1.54, 1.807) is 0 Å². The number of carbonyl (C=O) groups is 2. The fourth-order valence-corrected chi connectivity index (χ4v) is 7.12. The van der Waals surface area contributed by atoms with Gasteiger partial charge in [-0.3, -0.25) is 14.5 Å². The number of nitrogens with zero attached hydrogens (tertiary/aromatic N) is 2. The summed E-state index contributed by atoms with van der Waals surface area (Å²) in [4.78, 5) is 27.7. The summed E-state index contributed by atoms with van der Waals surface area (Å²) in [5, 5.41) is 12.4. The van der Waals surface area contributed by atoms with E-state index in [4.69, 9.17) is 9.47 Å². The molecule has 0 bridgehead atoms. The largest absolute Gasteiger partial charge is 0.471 e. The Labute approximate surface area is 302 Å². The van der Waals surface area contributed by atoms with E-state index in [0.717, 1.165) is 39.9 Å². The molecule has 2 aliphatic heterocycles. The van der Waals surface area contributed by atoms with Gasteiger partial charge in [0.15, 0.2) is 6.29 Å². The van der Waals surface area contributed by atoms with Crippen molar-refractivity contribution in [2.24, 2.45) is 5.92 Å². The first kappa shape index (κ1) is 37.2. The van der Waals surface area contributed by atoms with Crippen LogP contribution in [0.25, 0.3) is 11.1 Å². The monoisotopic (exact) mass is 715 g/mol. The Balaban J connectivity index is 1.18. The second kappa shape index (κ2) is 16.4. The van der Waals surface area contributed by atoms with Crippen molar-refractivity contribution in [1.29, 1.82) is 0 Å². The lowest BCUT2D eigenvalue weighted by molar-refractivity contribution is -0.276. The first-order valence-corrected chi connectivity index (χ1v) is 17.6. The molecule has 0 radical (unpaired) electrons. The second-order valence-electron chi connectivity index (χ2n) is 13.7. The van der Waals surface area contributed by atoms with Gasteiger partial charge < -0.3 is 24.8 Å². The summed E-state index contributed by atoms with van der Waals surface area (Å²) in [6, 6.07) is 32.3. The van der Waals surface area contributed by atoms with Crippen LogP contribution in [0.2, 0.25) is 0 Å². The standard InChI is InChI=1S/C41H44F3N3O5/c1-27-36(25-46(2)24-28-9-4-3-5-10-28)51-39(52-37(27)31-16-14-29(26-48)15-17-31)32-20-18-30(19-21-32)34-12-7-6-11-33(34)23-45-38(49)35-13-8-22-47(35)40(50)41(42,43)44/h3-7,9-12,14-21,27,35-37,39,48H,8,13,22-26H2,1-2H3,(H,45,49). The van der Waals surface area contributed by atoms with Gasteiger partial charge in [-0.15, -0.1) is 0 Å². The van der Waals surface area contributed by atoms with Crippen LogP contribution < -0.4 is 5.32 Å². The number of amides is 2. The van der Waals surface area contributed by atoms with Crippen molar-refractivity contribution in [3.05, 3.63) is 131 Å². The summed E-state index contributed by atoms with van der Waals surface area (Å²) in [6.07, 6.45) is -5.57. The molecule has 2 fully saturated rings. The van der Waals surface area contributed by atoms with E-state index in [0.29, 0.717) is 17.9 Å². The van der Waals surface area contributed by atoms with Crippen LogP contribution in [0.4, 0.5) is 13.2 Å². The van der Waals surface area contributed by atoms with Gasteiger partial charge in [-0.25, -0.2) is 0 Å². The van der Waals surface area contributed by atoms with Gasteiger partial charge in [0.2, 0.25) is 5.91 Å². The molecule has 5 unspecified atom stereocenters. The molecule has 52 heavy (non-hydrogen) atoms. The molecule has 274 valence electrons. The molecule has 2 saturated heterocycles. The van der Waals surface area contributed by atoms with E-state index in [9.17, 15) is 27.9 Å². The van der Waals surface area contributed by atoms with Crippen LogP contribution in [0.3, 0.4) is 0 Å². The zero-order valence-corrected chi connectivity index (χ0v) is 29.3. The Morgan fingerprint density at radius 3 is 2.25 bits per heavy atom. The second-order valence-corrected chi connectivity index (χ2v) is 13.7. The molecule has 6 rings (SSSR count). The Hall–Kier alpha value is -4.55. The molecule has 2 amide bonds. The fourth-order valence-electron chi connectivity index (χ4n) is 7.12. The Bertz CT molecular complexity index is 1800. The zero-order valence-electron chi connectivity index (χ0n) is 29.3. The molecular weight excluding hydrogens is 671 g/mol. The molecule has 0 aromatic heterocycles. The quantitative estimate of drug-likeness (QED) is 0.175. The topological polar surface area (TPSA) is 91.3 Å². The van der Waals surface area contributed by atoms with E-state index >= 15 is 0 Å². The highest BCUT2D eigenvalue weighted by molar-refractivity contribution is 5.90. The number of halogens is 3. The highest BCUT2D eigenvalue weighted by Crippen LogP contribution is 2.42. The van der Waals surface area contributed by atoms with E-state index in [-0.39, 0.29) is 44.2 Å². The van der Waals surface area contributed by atoms with Gasteiger partial charge in [0.25, 0.3) is 0 Å². The number of aliphatic hydroxyl groups excluding tert-OH is 1. The van der Waals surface area contributed by atoms with Gasteiger partial charge in [0, 0.05) is 37.7 Å². The third-order valence-corrected chi connectivity index (χ3v) is 9.93. The number of hydrogen-bond donors (Lipinski definition) is 2. The molecule has 4 aromatic rings. The lowest BCUT2D eigenvalue weighted by Gasteiger charge is -2.42.